The molecule has 4 heteroatoms. The lowest BCUT2D eigenvalue weighted by molar-refractivity contribution is -0.122. The van der Waals surface area contributed by atoms with Crippen LogP contribution >= 0.6 is 0 Å². The normalized spacial score (nSPS) is 14.5. The molecule has 0 aromatic heterocycles. The summed E-state index contributed by atoms with van der Waals surface area (Å²) < 4.78 is 0. The molecule has 1 radical (unpaired) electrons. The summed E-state index contributed by atoms with van der Waals surface area (Å²) in [5.41, 5.74) is 5.59. The highest BCUT2D eigenvalue weighted by atomic mass is 16.2. The van der Waals surface area contributed by atoms with Crippen LogP contribution in [-0.2, 0) is 9.59 Å². The molecule has 81 valence electrons. The molecule has 0 saturated carbocycles. The molecule has 0 aliphatic heterocycles. The minimum atomic E-state index is -0.507. The van der Waals surface area contributed by atoms with Crippen molar-refractivity contribution < 1.29 is 9.59 Å². The summed E-state index contributed by atoms with van der Waals surface area (Å²) in [4.78, 5) is 21.8. The Morgan fingerprint density at radius 1 is 1.36 bits per heavy atom. The summed E-state index contributed by atoms with van der Waals surface area (Å²) in [5.74, 6) is -0.256. The molecule has 0 aromatic carbocycles. The molecule has 0 rings (SSSR count). The Morgan fingerprint density at radius 2 is 1.93 bits per heavy atom. The van der Waals surface area contributed by atoms with E-state index in [2.05, 4.69) is 5.32 Å². The van der Waals surface area contributed by atoms with Crippen LogP contribution in [0.25, 0.3) is 0 Å². The van der Waals surface area contributed by atoms with Crippen molar-refractivity contribution in [2.75, 3.05) is 0 Å². The average Bonchev–Trinajstić information content (AvgIpc) is 2.17. The van der Waals surface area contributed by atoms with Crippen molar-refractivity contribution in [2.24, 2.45) is 5.73 Å². The van der Waals surface area contributed by atoms with Crippen LogP contribution in [0.15, 0.2) is 0 Å². The molecule has 4 nitrogen and oxygen atoms in total. The van der Waals surface area contributed by atoms with E-state index in [9.17, 15) is 9.59 Å². The van der Waals surface area contributed by atoms with Gasteiger partial charge in [-0.3, -0.25) is 9.59 Å². The van der Waals surface area contributed by atoms with Crippen LogP contribution < -0.4 is 11.1 Å². The monoisotopic (exact) mass is 199 g/mol. The van der Waals surface area contributed by atoms with Gasteiger partial charge in [0.2, 0.25) is 12.2 Å². The van der Waals surface area contributed by atoms with E-state index in [4.69, 9.17) is 5.73 Å². The van der Waals surface area contributed by atoms with Crippen LogP contribution in [0.4, 0.5) is 0 Å². The maximum absolute atomic E-state index is 11.4. The lowest BCUT2D eigenvalue weighted by Crippen LogP contribution is -2.45. The quantitative estimate of drug-likeness (QED) is 0.627. The summed E-state index contributed by atoms with van der Waals surface area (Å²) in [6, 6.07) is -1.01. The van der Waals surface area contributed by atoms with Gasteiger partial charge in [-0.1, -0.05) is 26.7 Å². The number of carbonyl (C=O) groups is 1. The Kier molecular flexibility index (Phi) is 7.02. The van der Waals surface area contributed by atoms with Crippen molar-refractivity contribution in [3.63, 3.8) is 0 Å². The highest BCUT2D eigenvalue weighted by molar-refractivity contribution is 5.84. The topological polar surface area (TPSA) is 72.2 Å². The highest BCUT2D eigenvalue weighted by Gasteiger charge is 2.16. The third kappa shape index (κ3) is 4.97. The molecule has 1 amide bonds. The first-order valence-corrected chi connectivity index (χ1v) is 5.09. The number of carbonyl (C=O) groups excluding carboxylic acids is 2. The van der Waals surface area contributed by atoms with Crippen molar-refractivity contribution in [1.82, 2.24) is 5.32 Å². The van der Waals surface area contributed by atoms with Gasteiger partial charge < -0.3 is 11.1 Å². The Balaban J connectivity index is 3.94. The Labute approximate surface area is 85.2 Å². The van der Waals surface area contributed by atoms with Gasteiger partial charge in [-0.05, 0) is 12.8 Å². The molecule has 0 fully saturated rings. The third-order valence-electron chi connectivity index (χ3n) is 1.97. The van der Waals surface area contributed by atoms with Gasteiger partial charge >= 0.3 is 0 Å². The number of rotatable bonds is 7. The van der Waals surface area contributed by atoms with Crippen LogP contribution in [0.5, 0.6) is 0 Å². The molecule has 0 bridgehead atoms. The molecule has 0 aliphatic carbocycles. The summed E-state index contributed by atoms with van der Waals surface area (Å²) in [6.07, 6.45) is 4.75. The minimum absolute atomic E-state index is 0.256. The number of hydrogen-bond donors (Lipinski definition) is 2. The average molecular weight is 199 g/mol. The van der Waals surface area contributed by atoms with Gasteiger partial charge in [-0.2, -0.15) is 0 Å². The molecule has 3 N–H and O–H groups in total. The molecular weight excluding hydrogens is 180 g/mol. The zero-order valence-electron chi connectivity index (χ0n) is 8.88. The van der Waals surface area contributed by atoms with Crippen LogP contribution in [0.1, 0.15) is 39.5 Å². The zero-order valence-corrected chi connectivity index (χ0v) is 8.88. The van der Waals surface area contributed by atoms with Gasteiger partial charge in [0.15, 0.2) is 0 Å². The fourth-order valence-electron chi connectivity index (χ4n) is 1.17. The summed E-state index contributed by atoms with van der Waals surface area (Å²) in [6.45, 7) is 3.91. The van der Waals surface area contributed by atoms with E-state index in [1.54, 1.807) is 6.29 Å². The summed E-state index contributed by atoms with van der Waals surface area (Å²) in [5, 5.41) is 2.56. The summed E-state index contributed by atoms with van der Waals surface area (Å²) in [7, 11) is 0. The van der Waals surface area contributed by atoms with Crippen molar-refractivity contribution in [2.45, 2.75) is 51.6 Å². The van der Waals surface area contributed by atoms with Crippen LogP contribution in [0.3, 0.4) is 0 Å². The minimum Gasteiger partial charge on any atom is -0.344 e. The van der Waals surface area contributed by atoms with Crippen LogP contribution in [0.2, 0.25) is 0 Å². The number of nitrogens with two attached hydrogens (primary N) is 1. The fourth-order valence-corrected chi connectivity index (χ4v) is 1.17. The molecule has 0 aliphatic rings. The van der Waals surface area contributed by atoms with Crippen LogP contribution in [-0.4, -0.2) is 24.3 Å². The van der Waals surface area contributed by atoms with Crippen molar-refractivity contribution in [1.29, 1.82) is 0 Å². The van der Waals surface area contributed by atoms with Gasteiger partial charge in [0.1, 0.15) is 0 Å². The standard InChI is InChI=1S/C10H19N2O2/c1-3-5-8(7-13)12-10(14)9(11)6-4-2/h8-9H,3-6,11H2,1-2H3,(H,12,14). The number of hydrogen-bond acceptors (Lipinski definition) is 3. The SMILES string of the molecule is CCCC([C]=O)NC(=O)C(N)CCC. The van der Waals surface area contributed by atoms with Gasteiger partial charge in [-0.25, -0.2) is 0 Å². The first-order valence-electron chi connectivity index (χ1n) is 5.09. The van der Waals surface area contributed by atoms with E-state index in [0.717, 1.165) is 12.8 Å². The largest absolute Gasteiger partial charge is 0.344 e. The number of nitrogens with one attached hydrogen (secondary N) is 1. The zero-order chi connectivity index (χ0) is 11.0. The fraction of sp³-hybridized carbons (Fsp3) is 0.800. The lowest BCUT2D eigenvalue weighted by Gasteiger charge is -2.14. The van der Waals surface area contributed by atoms with E-state index in [1.165, 1.54) is 0 Å². The van der Waals surface area contributed by atoms with Gasteiger partial charge in [0.25, 0.3) is 0 Å². The maximum atomic E-state index is 11.4. The molecule has 0 spiro atoms. The van der Waals surface area contributed by atoms with Crippen molar-refractivity contribution in [3.05, 3.63) is 0 Å². The predicted molar refractivity (Wildman–Crippen MR) is 55.4 cm³/mol. The smallest absolute Gasteiger partial charge is 0.237 e. The van der Waals surface area contributed by atoms with E-state index in [-0.39, 0.29) is 5.91 Å². The number of amides is 1. The second-order valence-electron chi connectivity index (χ2n) is 3.36. The van der Waals surface area contributed by atoms with Crippen LogP contribution in [0, 0.1) is 0 Å². The molecule has 0 heterocycles. The molecule has 14 heavy (non-hydrogen) atoms. The first-order chi connectivity index (χ1) is 6.65. The molecule has 2 atom stereocenters. The first kappa shape index (κ1) is 13.1. The lowest BCUT2D eigenvalue weighted by atomic mass is 10.1. The van der Waals surface area contributed by atoms with Crippen molar-refractivity contribution in [3.8, 4) is 0 Å². The molecule has 0 saturated heterocycles. The predicted octanol–water partition coefficient (Wildman–Crippen LogP) is 0.508. The Hall–Kier alpha value is -0.900. The highest BCUT2D eigenvalue weighted by Crippen LogP contribution is 1.97. The van der Waals surface area contributed by atoms with Gasteiger partial charge in [0, 0.05) is 0 Å². The molecular formula is C10H19N2O2. The van der Waals surface area contributed by atoms with E-state index in [0.29, 0.717) is 12.8 Å². The second-order valence-corrected chi connectivity index (χ2v) is 3.36. The van der Waals surface area contributed by atoms with E-state index < -0.39 is 12.1 Å². The van der Waals surface area contributed by atoms with E-state index >= 15 is 0 Å². The van der Waals surface area contributed by atoms with Gasteiger partial charge in [-0.15, -0.1) is 0 Å². The molecule has 2 unspecified atom stereocenters. The van der Waals surface area contributed by atoms with Crippen molar-refractivity contribution >= 4 is 12.2 Å². The maximum Gasteiger partial charge on any atom is 0.237 e. The third-order valence-corrected chi connectivity index (χ3v) is 1.97. The van der Waals surface area contributed by atoms with E-state index in [1.807, 2.05) is 13.8 Å². The van der Waals surface area contributed by atoms with Gasteiger partial charge in [0.05, 0.1) is 12.1 Å². The second kappa shape index (κ2) is 7.50. The molecule has 0 aromatic rings. The Morgan fingerprint density at radius 3 is 2.36 bits per heavy atom. The summed E-state index contributed by atoms with van der Waals surface area (Å²) >= 11 is 0. The Bertz CT molecular complexity index is 183.